The lowest BCUT2D eigenvalue weighted by Crippen LogP contribution is -2.13. The zero-order valence-corrected chi connectivity index (χ0v) is 9.60. The van der Waals surface area contributed by atoms with Crippen molar-refractivity contribution < 1.29 is 4.79 Å². The van der Waals surface area contributed by atoms with E-state index in [4.69, 9.17) is 0 Å². The van der Waals surface area contributed by atoms with Crippen molar-refractivity contribution in [3.63, 3.8) is 0 Å². The van der Waals surface area contributed by atoms with E-state index in [-0.39, 0.29) is 11.7 Å². The van der Waals surface area contributed by atoms with Crippen molar-refractivity contribution in [3.05, 3.63) is 71.3 Å². The number of benzene rings is 1. The molecule has 3 rings (SSSR count). The summed E-state index contributed by atoms with van der Waals surface area (Å²) in [6, 6.07) is 9.55. The smallest absolute Gasteiger partial charge is 0.174 e. The average Bonchev–Trinajstić information content (AvgIpc) is 2.83. The Kier molecular flexibility index (Phi) is 2.52. The first-order valence-electron chi connectivity index (χ1n) is 6.03. The monoisotopic (exact) mass is 222 g/mol. The first kappa shape index (κ1) is 10.3. The summed E-state index contributed by atoms with van der Waals surface area (Å²) in [6.45, 7) is 0. The van der Waals surface area contributed by atoms with Gasteiger partial charge in [0.25, 0.3) is 0 Å². The Morgan fingerprint density at radius 2 is 1.94 bits per heavy atom. The maximum Gasteiger partial charge on any atom is 0.174 e. The highest BCUT2D eigenvalue weighted by atomic mass is 16.1. The third-order valence-corrected chi connectivity index (χ3v) is 3.41. The standard InChI is InChI=1S/C16H14O/c17-16(13-7-2-1-3-8-13)15-11-10-12-6-4-5-9-14(12)15/h1-3,5,7-11,15H,4,6H2. The van der Waals surface area contributed by atoms with Gasteiger partial charge in [0.15, 0.2) is 5.78 Å². The number of carbonyl (C=O) groups is 1. The van der Waals surface area contributed by atoms with E-state index in [0.29, 0.717) is 0 Å². The number of rotatable bonds is 2. The van der Waals surface area contributed by atoms with E-state index < -0.39 is 0 Å². The average molecular weight is 222 g/mol. The molecule has 1 nitrogen and oxygen atoms in total. The fraction of sp³-hybridized carbons (Fsp3) is 0.188. The van der Waals surface area contributed by atoms with E-state index in [1.165, 1.54) is 11.1 Å². The molecule has 1 heteroatoms. The Bertz CT molecular complexity index is 532. The highest BCUT2D eigenvalue weighted by molar-refractivity contribution is 6.01. The minimum absolute atomic E-state index is 0.0658. The lowest BCUT2D eigenvalue weighted by molar-refractivity contribution is 0.0962. The third kappa shape index (κ3) is 1.78. The highest BCUT2D eigenvalue weighted by Gasteiger charge is 2.26. The van der Waals surface area contributed by atoms with Gasteiger partial charge in [-0.1, -0.05) is 54.6 Å². The minimum atomic E-state index is -0.0658. The summed E-state index contributed by atoms with van der Waals surface area (Å²) in [4.78, 5) is 12.4. The molecule has 0 fully saturated rings. The Labute approximate surface area is 101 Å². The van der Waals surface area contributed by atoms with Gasteiger partial charge in [-0.25, -0.2) is 0 Å². The van der Waals surface area contributed by atoms with Crippen LogP contribution in [0.2, 0.25) is 0 Å². The normalized spacial score (nSPS) is 21.8. The number of allylic oxidation sites excluding steroid dienone is 6. The molecule has 0 N–H and O–H groups in total. The molecule has 0 saturated carbocycles. The number of hydrogen-bond acceptors (Lipinski definition) is 1. The predicted octanol–water partition coefficient (Wildman–Crippen LogP) is 3.70. The predicted molar refractivity (Wildman–Crippen MR) is 68.8 cm³/mol. The second-order valence-electron chi connectivity index (χ2n) is 4.49. The SMILES string of the molecule is O=C(c1ccccc1)C1C=CC2=C1C=CCC2. The lowest BCUT2D eigenvalue weighted by atomic mass is 9.89. The number of ketones is 1. The maximum atomic E-state index is 12.4. The zero-order valence-electron chi connectivity index (χ0n) is 9.60. The van der Waals surface area contributed by atoms with Gasteiger partial charge in [-0.3, -0.25) is 4.79 Å². The molecule has 84 valence electrons. The molecule has 1 aromatic carbocycles. The number of hydrogen-bond donors (Lipinski definition) is 0. The van der Waals surface area contributed by atoms with Gasteiger partial charge in [0.1, 0.15) is 0 Å². The van der Waals surface area contributed by atoms with Crippen LogP contribution in [0.5, 0.6) is 0 Å². The molecule has 1 aromatic rings. The van der Waals surface area contributed by atoms with Crippen molar-refractivity contribution in [1.29, 1.82) is 0 Å². The van der Waals surface area contributed by atoms with Crippen LogP contribution < -0.4 is 0 Å². The van der Waals surface area contributed by atoms with Gasteiger partial charge in [-0.2, -0.15) is 0 Å². The molecule has 0 aromatic heterocycles. The van der Waals surface area contributed by atoms with E-state index in [1.807, 2.05) is 36.4 Å². The molecule has 1 unspecified atom stereocenters. The molecule has 2 aliphatic carbocycles. The number of carbonyl (C=O) groups excluding carboxylic acids is 1. The van der Waals surface area contributed by atoms with E-state index >= 15 is 0 Å². The van der Waals surface area contributed by atoms with Gasteiger partial charge in [-0.05, 0) is 24.0 Å². The summed E-state index contributed by atoms with van der Waals surface area (Å²) in [5, 5.41) is 0. The van der Waals surface area contributed by atoms with Crippen LogP contribution in [-0.2, 0) is 0 Å². The molecule has 17 heavy (non-hydrogen) atoms. The second kappa shape index (κ2) is 4.17. The van der Waals surface area contributed by atoms with Crippen molar-refractivity contribution in [1.82, 2.24) is 0 Å². The lowest BCUT2D eigenvalue weighted by Gasteiger charge is -2.14. The summed E-state index contributed by atoms with van der Waals surface area (Å²) in [6.07, 6.45) is 10.6. The maximum absolute atomic E-state index is 12.4. The summed E-state index contributed by atoms with van der Waals surface area (Å²) in [7, 11) is 0. The molecular formula is C16H14O. The summed E-state index contributed by atoms with van der Waals surface area (Å²) in [5.74, 6) is 0.141. The quantitative estimate of drug-likeness (QED) is 0.697. The van der Waals surface area contributed by atoms with Crippen LogP contribution in [0.15, 0.2) is 65.8 Å². The molecule has 0 radical (unpaired) electrons. The first-order chi connectivity index (χ1) is 8.36. The second-order valence-corrected chi connectivity index (χ2v) is 4.49. The third-order valence-electron chi connectivity index (χ3n) is 3.41. The minimum Gasteiger partial charge on any atom is -0.293 e. The largest absolute Gasteiger partial charge is 0.293 e. The van der Waals surface area contributed by atoms with Crippen molar-refractivity contribution in [3.8, 4) is 0 Å². The highest BCUT2D eigenvalue weighted by Crippen LogP contribution is 2.34. The molecule has 2 aliphatic rings. The van der Waals surface area contributed by atoms with E-state index in [9.17, 15) is 4.79 Å². The molecule has 0 heterocycles. The Hall–Kier alpha value is -1.89. The zero-order chi connectivity index (χ0) is 11.7. The summed E-state index contributed by atoms with van der Waals surface area (Å²) >= 11 is 0. The molecule has 0 bridgehead atoms. The van der Waals surface area contributed by atoms with Crippen LogP contribution in [0.25, 0.3) is 0 Å². The van der Waals surface area contributed by atoms with E-state index in [2.05, 4.69) is 18.2 Å². The van der Waals surface area contributed by atoms with Gasteiger partial charge in [0.05, 0.1) is 5.92 Å². The van der Waals surface area contributed by atoms with Crippen LogP contribution in [-0.4, -0.2) is 5.78 Å². The Balaban J connectivity index is 1.92. The fourth-order valence-corrected chi connectivity index (χ4v) is 2.51. The van der Waals surface area contributed by atoms with E-state index in [1.54, 1.807) is 0 Å². The van der Waals surface area contributed by atoms with Crippen LogP contribution in [0.3, 0.4) is 0 Å². The molecule has 1 atom stereocenters. The number of Topliss-reactive ketones (excluding diaryl/α,β-unsaturated/α-hetero) is 1. The Morgan fingerprint density at radius 1 is 1.12 bits per heavy atom. The van der Waals surface area contributed by atoms with Gasteiger partial charge in [0, 0.05) is 5.56 Å². The van der Waals surface area contributed by atoms with Gasteiger partial charge < -0.3 is 0 Å². The molecule has 0 saturated heterocycles. The molecule has 0 aliphatic heterocycles. The van der Waals surface area contributed by atoms with Gasteiger partial charge in [-0.15, -0.1) is 0 Å². The Morgan fingerprint density at radius 3 is 2.76 bits per heavy atom. The first-order valence-corrected chi connectivity index (χ1v) is 6.03. The van der Waals surface area contributed by atoms with Crippen molar-refractivity contribution in [2.24, 2.45) is 5.92 Å². The van der Waals surface area contributed by atoms with E-state index in [0.717, 1.165) is 18.4 Å². The molecule has 0 amide bonds. The van der Waals surface area contributed by atoms with Crippen LogP contribution >= 0.6 is 0 Å². The van der Waals surface area contributed by atoms with Gasteiger partial charge >= 0.3 is 0 Å². The van der Waals surface area contributed by atoms with Gasteiger partial charge in [0.2, 0.25) is 0 Å². The van der Waals surface area contributed by atoms with Crippen LogP contribution in [0, 0.1) is 5.92 Å². The van der Waals surface area contributed by atoms with Crippen LogP contribution in [0.4, 0.5) is 0 Å². The summed E-state index contributed by atoms with van der Waals surface area (Å²) < 4.78 is 0. The van der Waals surface area contributed by atoms with Crippen molar-refractivity contribution in [2.45, 2.75) is 12.8 Å². The van der Waals surface area contributed by atoms with Crippen molar-refractivity contribution >= 4 is 5.78 Å². The topological polar surface area (TPSA) is 17.1 Å². The molecule has 0 spiro atoms. The van der Waals surface area contributed by atoms with Crippen molar-refractivity contribution in [2.75, 3.05) is 0 Å². The van der Waals surface area contributed by atoms with Crippen LogP contribution in [0.1, 0.15) is 23.2 Å². The fourth-order valence-electron chi connectivity index (χ4n) is 2.51. The summed E-state index contributed by atoms with van der Waals surface area (Å²) in [5.41, 5.74) is 3.33. The molecular weight excluding hydrogens is 208 g/mol.